The van der Waals surface area contributed by atoms with E-state index in [2.05, 4.69) is 21.3 Å². The number of halogens is 1. The summed E-state index contributed by atoms with van der Waals surface area (Å²) in [6, 6.07) is 8.16. The molecule has 3 aliphatic heterocycles. The van der Waals surface area contributed by atoms with Crippen LogP contribution < -0.4 is 21.3 Å². The zero-order valence-electron chi connectivity index (χ0n) is 32.7. The van der Waals surface area contributed by atoms with Crippen molar-refractivity contribution in [2.24, 2.45) is 5.92 Å². The van der Waals surface area contributed by atoms with E-state index < -0.39 is 65.7 Å². The van der Waals surface area contributed by atoms with Gasteiger partial charge in [-0.15, -0.1) is 0 Å². The topological polar surface area (TPSA) is 185 Å². The lowest BCUT2D eigenvalue weighted by Crippen LogP contribution is -2.56. The quantitative estimate of drug-likeness (QED) is 0.307. The van der Waals surface area contributed by atoms with Gasteiger partial charge in [-0.1, -0.05) is 43.5 Å². The molecule has 2 aliphatic carbocycles. The van der Waals surface area contributed by atoms with Crippen LogP contribution in [0.25, 0.3) is 0 Å². The molecule has 3 fully saturated rings. The molecular weight excluding hydrogens is 751 g/mol. The Balaban J connectivity index is 1.14. The summed E-state index contributed by atoms with van der Waals surface area (Å²) in [5.74, 6) is -3.31. The van der Waals surface area contributed by atoms with Gasteiger partial charge >= 0.3 is 12.2 Å². The van der Waals surface area contributed by atoms with Gasteiger partial charge in [-0.3, -0.25) is 24.1 Å². The van der Waals surface area contributed by atoms with E-state index in [0.717, 1.165) is 44.9 Å². The van der Waals surface area contributed by atoms with Crippen LogP contribution >= 0.6 is 0 Å². The number of hydrogen-bond donors (Lipinski definition) is 4. The fraction of sp³-hybridized carbons (Fsp3) is 0.571. The number of carbonyl (C=O) groups is 6. The predicted octanol–water partition coefficient (Wildman–Crippen LogP) is 4.78. The molecule has 2 aromatic rings. The molecule has 0 bridgehead atoms. The normalized spacial score (nSPS) is 25.3. The average Bonchev–Trinajstić information content (AvgIpc) is 3.97. The number of anilines is 2. The van der Waals surface area contributed by atoms with Gasteiger partial charge in [0.05, 0.1) is 30.5 Å². The summed E-state index contributed by atoms with van der Waals surface area (Å²) >= 11 is 0. The first-order valence-corrected chi connectivity index (χ1v) is 20.7. The highest BCUT2D eigenvalue weighted by Crippen LogP contribution is 2.32. The summed E-state index contributed by atoms with van der Waals surface area (Å²) in [5, 5.41) is 11.5. The largest absolute Gasteiger partial charge is 0.446 e. The molecule has 2 saturated carbocycles. The van der Waals surface area contributed by atoms with Crippen LogP contribution in [-0.2, 0) is 46.5 Å². The van der Waals surface area contributed by atoms with Crippen LogP contribution in [0.1, 0.15) is 88.2 Å². The van der Waals surface area contributed by atoms with Crippen LogP contribution in [0.2, 0.25) is 0 Å². The fourth-order valence-electron chi connectivity index (χ4n) is 8.43. The first-order valence-electron chi connectivity index (χ1n) is 20.7. The monoisotopic (exact) mass is 804 g/mol. The third-order valence-corrected chi connectivity index (χ3v) is 11.9. The van der Waals surface area contributed by atoms with Gasteiger partial charge in [-0.05, 0) is 81.0 Å². The summed E-state index contributed by atoms with van der Waals surface area (Å²) in [5.41, 5.74) is 2.10. The van der Waals surface area contributed by atoms with E-state index in [4.69, 9.17) is 14.2 Å². The molecule has 2 aromatic carbocycles. The number of ketones is 1. The Hall–Kier alpha value is -5.25. The lowest BCUT2D eigenvalue weighted by molar-refractivity contribution is -0.142. The van der Waals surface area contributed by atoms with Crippen LogP contribution in [0, 0.1) is 11.7 Å². The van der Waals surface area contributed by atoms with Gasteiger partial charge in [0.2, 0.25) is 17.6 Å². The van der Waals surface area contributed by atoms with Crippen molar-refractivity contribution in [1.82, 2.24) is 20.4 Å². The fourth-order valence-corrected chi connectivity index (χ4v) is 8.43. The van der Waals surface area contributed by atoms with Gasteiger partial charge in [-0.2, -0.15) is 0 Å². The summed E-state index contributed by atoms with van der Waals surface area (Å²) in [4.78, 5) is 85.6. The molecule has 1 saturated heterocycles. The number of benzene rings is 2. The lowest BCUT2D eigenvalue weighted by atomic mass is 9.80. The first kappa shape index (κ1) is 40.9. The number of amides is 5. The van der Waals surface area contributed by atoms with Crippen molar-refractivity contribution < 1.29 is 47.4 Å². The summed E-state index contributed by atoms with van der Waals surface area (Å²) < 4.78 is 31.9. The molecule has 5 aliphatic rings. The first-order chi connectivity index (χ1) is 28.1. The standard InChI is InChI=1S/C42H53FN6O9/c43-31-14-6-11-27-23-48(25-30(27)31)42(55)58-29-22-36-38(51)46-35(21-26-9-5-10-26)37(50)39(52)45-33-16-4-3-15-32(33)44-18-8-20-56-19-7-17-34(40(53)49(36)24-29)47-41(54)57-28-12-1-2-13-28/h3-4,6,11,14-16,26,28-29,34-36,44H,1-2,5,7-10,12-13,17-25H2,(H,45,52)(H,46,51)(H,47,54)/t29-,34+,35?,36+/m1/s1. The number of para-hydroxylation sites is 2. The second-order valence-corrected chi connectivity index (χ2v) is 16.0. The number of rotatable bonds is 5. The molecule has 0 aromatic heterocycles. The summed E-state index contributed by atoms with van der Waals surface area (Å²) in [6.07, 6.45) is 4.63. The molecule has 4 N–H and O–H groups in total. The average molecular weight is 805 g/mol. The van der Waals surface area contributed by atoms with Crippen LogP contribution in [0.3, 0.4) is 0 Å². The minimum Gasteiger partial charge on any atom is -0.446 e. The van der Waals surface area contributed by atoms with Crippen molar-refractivity contribution in [3.63, 3.8) is 0 Å². The zero-order chi connectivity index (χ0) is 40.6. The van der Waals surface area contributed by atoms with Crippen molar-refractivity contribution in [1.29, 1.82) is 0 Å². The molecule has 1 unspecified atom stereocenters. The molecular formula is C42H53FN6O9. The molecule has 0 spiro atoms. The highest BCUT2D eigenvalue weighted by molar-refractivity contribution is 6.42. The number of ether oxygens (including phenoxy) is 3. The molecule has 16 heteroatoms. The minimum atomic E-state index is -1.22. The molecule has 5 amide bonds. The minimum absolute atomic E-state index is 0.00481. The van der Waals surface area contributed by atoms with Crippen molar-refractivity contribution >= 4 is 47.1 Å². The van der Waals surface area contributed by atoms with E-state index in [1.165, 1.54) is 15.9 Å². The van der Waals surface area contributed by atoms with Crippen molar-refractivity contribution in [2.75, 3.05) is 36.9 Å². The molecule has 3 heterocycles. The zero-order valence-corrected chi connectivity index (χ0v) is 32.7. The van der Waals surface area contributed by atoms with Gasteiger partial charge in [-0.25, -0.2) is 14.0 Å². The molecule has 0 radical (unpaired) electrons. The highest BCUT2D eigenvalue weighted by atomic mass is 19.1. The van der Waals surface area contributed by atoms with E-state index in [1.54, 1.807) is 30.3 Å². The SMILES string of the molecule is O=C(N[C@H]1CCCOCCCNc2ccccc2NC(=O)C(=O)C(CC2CCC2)NC(=O)[C@@H]2C[C@@H](OC(=O)N3Cc4cccc(F)c4C3)CN2C1=O)OC1CCCC1. The number of carbonyl (C=O) groups excluding carboxylic acids is 6. The van der Waals surface area contributed by atoms with Gasteiger partial charge in [0.1, 0.15) is 30.1 Å². The maximum Gasteiger partial charge on any atom is 0.410 e. The molecule has 312 valence electrons. The maximum absolute atomic E-state index is 14.5. The van der Waals surface area contributed by atoms with E-state index in [-0.39, 0.29) is 50.9 Å². The Labute approximate surface area is 337 Å². The Morgan fingerprint density at radius 1 is 0.845 bits per heavy atom. The number of Topliss-reactive ketones (excluding diaryl/α,β-unsaturated/α-hetero) is 1. The van der Waals surface area contributed by atoms with Gasteiger partial charge in [0.15, 0.2) is 0 Å². The van der Waals surface area contributed by atoms with Gasteiger partial charge in [0.25, 0.3) is 5.91 Å². The third kappa shape index (κ3) is 10.1. The van der Waals surface area contributed by atoms with Gasteiger partial charge < -0.3 is 40.4 Å². The number of alkyl carbamates (subject to hydrolysis) is 1. The lowest BCUT2D eigenvalue weighted by Gasteiger charge is -2.32. The number of nitrogens with zero attached hydrogens (tertiary/aromatic N) is 2. The number of hydrogen-bond acceptors (Lipinski definition) is 10. The van der Waals surface area contributed by atoms with Crippen molar-refractivity contribution in [3.8, 4) is 0 Å². The number of fused-ring (bicyclic) bond motifs is 3. The number of nitrogens with one attached hydrogen (secondary N) is 4. The van der Waals surface area contributed by atoms with E-state index in [9.17, 15) is 33.2 Å². The van der Waals surface area contributed by atoms with Crippen molar-refractivity contribution in [3.05, 3.63) is 59.4 Å². The smallest absolute Gasteiger partial charge is 0.410 e. The van der Waals surface area contributed by atoms with Crippen LogP contribution in [0.4, 0.5) is 25.4 Å². The second kappa shape index (κ2) is 19.0. The summed E-state index contributed by atoms with van der Waals surface area (Å²) in [7, 11) is 0. The molecule has 7 rings (SSSR count). The Bertz CT molecular complexity index is 1850. The predicted molar refractivity (Wildman–Crippen MR) is 209 cm³/mol. The molecule has 58 heavy (non-hydrogen) atoms. The van der Waals surface area contributed by atoms with Gasteiger partial charge in [0, 0.05) is 38.3 Å². The van der Waals surface area contributed by atoms with Crippen molar-refractivity contribution in [2.45, 2.75) is 120 Å². The Morgan fingerprint density at radius 2 is 1.62 bits per heavy atom. The van der Waals surface area contributed by atoms with E-state index >= 15 is 0 Å². The third-order valence-electron chi connectivity index (χ3n) is 11.9. The maximum atomic E-state index is 14.5. The van der Waals surface area contributed by atoms with E-state index in [0.29, 0.717) is 55.1 Å². The molecule has 4 atom stereocenters. The summed E-state index contributed by atoms with van der Waals surface area (Å²) in [6.45, 7) is 1.16. The highest BCUT2D eigenvalue weighted by Gasteiger charge is 2.46. The Morgan fingerprint density at radius 3 is 2.38 bits per heavy atom. The Kier molecular flexibility index (Phi) is 13.4. The van der Waals surface area contributed by atoms with E-state index in [1.807, 2.05) is 6.07 Å². The van der Waals surface area contributed by atoms with Crippen LogP contribution in [-0.4, -0.2) is 102 Å². The molecule has 15 nitrogen and oxygen atoms in total. The van der Waals surface area contributed by atoms with Crippen LogP contribution in [0.5, 0.6) is 0 Å². The van der Waals surface area contributed by atoms with Crippen LogP contribution in [0.15, 0.2) is 42.5 Å². The second-order valence-electron chi connectivity index (χ2n) is 16.0.